The van der Waals surface area contributed by atoms with Gasteiger partial charge in [-0.3, -0.25) is 9.59 Å². The van der Waals surface area contributed by atoms with E-state index in [1.54, 1.807) is 4.90 Å². The van der Waals surface area contributed by atoms with Crippen molar-refractivity contribution in [2.24, 2.45) is 11.3 Å². The zero-order valence-electron chi connectivity index (χ0n) is 17.5. The fourth-order valence-corrected chi connectivity index (χ4v) is 3.68. The minimum atomic E-state index is -0.842. The number of ether oxygens (including phenoxy) is 1. The largest absolute Gasteiger partial charge is 0.468 e. The third-order valence-electron chi connectivity index (χ3n) is 5.30. The Morgan fingerprint density at radius 1 is 1.31 bits per heavy atom. The van der Waals surface area contributed by atoms with Crippen LogP contribution in [0.25, 0.3) is 0 Å². The summed E-state index contributed by atoms with van der Waals surface area (Å²) in [4.78, 5) is 29.5. The van der Waals surface area contributed by atoms with Crippen LogP contribution >= 0.6 is 0 Å². The molecule has 1 aliphatic rings. The van der Waals surface area contributed by atoms with E-state index in [9.17, 15) is 9.59 Å². The molecular weight excluding hydrogens is 328 g/mol. The van der Waals surface area contributed by atoms with Gasteiger partial charge in [-0.05, 0) is 38.6 Å². The molecule has 0 aliphatic carbocycles. The van der Waals surface area contributed by atoms with Crippen LogP contribution in [0.5, 0.6) is 0 Å². The maximum Gasteiger partial charge on any atom is 0.315 e. The Balaban J connectivity index is 0.00000163. The SMILES string of the molecule is CC.CCN(C)CC1(C(=O)OC)CN(c2c(C)cccc2C)C(=O)C1C. The number of anilines is 1. The molecule has 2 unspecified atom stereocenters. The number of rotatable bonds is 5. The maximum absolute atomic E-state index is 13.0. The molecule has 1 fully saturated rings. The zero-order valence-corrected chi connectivity index (χ0v) is 17.5. The van der Waals surface area contributed by atoms with Gasteiger partial charge in [0.1, 0.15) is 5.41 Å². The van der Waals surface area contributed by atoms with Crippen LogP contribution in [0, 0.1) is 25.2 Å². The molecule has 1 aliphatic heterocycles. The Hall–Kier alpha value is -1.88. The van der Waals surface area contributed by atoms with E-state index in [1.807, 2.05) is 66.8 Å². The van der Waals surface area contributed by atoms with Crippen LogP contribution in [-0.4, -0.2) is 50.6 Å². The van der Waals surface area contributed by atoms with Gasteiger partial charge in [0, 0.05) is 18.8 Å². The summed E-state index contributed by atoms with van der Waals surface area (Å²) < 4.78 is 5.10. The van der Waals surface area contributed by atoms with Gasteiger partial charge < -0.3 is 14.5 Å². The molecule has 0 aromatic heterocycles. The molecule has 0 spiro atoms. The van der Waals surface area contributed by atoms with Crippen LogP contribution in [0.15, 0.2) is 18.2 Å². The molecular formula is C21H34N2O3. The summed E-state index contributed by atoms with van der Waals surface area (Å²) in [6.07, 6.45) is 0. The summed E-state index contributed by atoms with van der Waals surface area (Å²) in [5, 5.41) is 0. The Kier molecular flexibility index (Phi) is 7.82. The first kappa shape index (κ1) is 22.2. The normalized spacial score (nSPS) is 22.3. The summed E-state index contributed by atoms with van der Waals surface area (Å²) in [6, 6.07) is 5.98. The monoisotopic (exact) mass is 362 g/mol. The molecule has 2 atom stereocenters. The highest BCUT2D eigenvalue weighted by Crippen LogP contribution is 2.42. The molecule has 146 valence electrons. The fraction of sp³-hybridized carbons (Fsp3) is 0.619. The van der Waals surface area contributed by atoms with Crippen molar-refractivity contribution in [2.75, 3.05) is 38.7 Å². The van der Waals surface area contributed by atoms with Gasteiger partial charge >= 0.3 is 5.97 Å². The molecule has 0 bridgehead atoms. The molecule has 1 saturated heterocycles. The van der Waals surface area contributed by atoms with E-state index in [0.29, 0.717) is 13.1 Å². The number of hydrogen-bond donors (Lipinski definition) is 0. The molecule has 1 aromatic carbocycles. The number of carbonyl (C=O) groups is 2. The molecule has 1 aromatic rings. The second-order valence-electron chi connectivity index (χ2n) is 6.86. The molecule has 26 heavy (non-hydrogen) atoms. The maximum atomic E-state index is 13.0. The van der Waals surface area contributed by atoms with Crippen LogP contribution in [0.3, 0.4) is 0 Å². The fourth-order valence-electron chi connectivity index (χ4n) is 3.68. The van der Waals surface area contributed by atoms with Gasteiger partial charge in [-0.15, -0.1) is 0 Å². The molecule has 1 amide bonds. The lowest BCUT2D eigenvalue weighted by Gasteiger charge is -2.33. The molecule has 0 N–H and O–H groups in total. The van der Waals surface area contributed by atoms with Crippen LogP contribution in [0.1, 0.15) is 38.8 Å². The number of hydrogen-bond acceptors (Lipinski definition) is 4. The van der Waals surface area contributed by atoms with Gasteiger partial charge in [0.25, 0.3) is 0 Å². The average molecular weight is 363 g/mol. The third-order valence-corrected chi connectivity index (χ3v) is 5.30. The smallest absolute Gasteiger partial charge is 0.315 e. The second kappa shape index (κ2) is 9.17. The summed E-state index contributed by atoms with van der Waals surface area (Å²) in [6.45, 7) is 13.5. The number of carbonyl (C=O) groups excluding carboxylic acids is 2. The predicted octanol–water partition coefficient (Wildman–Crippen LogP) is 3.42. The molecule has 2 rings (SSSR count). The predicted molar refractivity (Wildman–Crippen MR) is 106 cm³/mol. The number of nitrogens with zero attached hydrogens (tertiary/aromatic N) is 2. The van der Waals surface area contributed by atoms with Crippen molar-refractivity contribution in [1.82, 2.24) is 4.90 Å². The van der Waals surface area contributed by atoms with Crippen molar-refractivity contribution < 1.29 is 14.3 Å². The highest BCUT2D eigenvalue weighted by atomic mass is 16.5. The van der Waals surface area contributed by atoms with E-state index in [2.05, 4.69) is 4.90 Å². The zero-order chi connectivity index (χ0) is 20.1. The number of benzene rings is 1. The summed E-state index contributed by atoms with van der Waals surface area (Å²) in [7, 11) is 3.36. The quantitative estimate of drug-likeness (QED) is 0.753. The van der Waals surface area contributed by atoms with Gasteiger partial charge in [-0.2, -0.15) is 0 Å². The minimum absolute atomic E-state index is 0.0118. The average Bonchev–Trinajstić information content (AvgIpc) is 2.88. The van der Waals surface area contributed by atoms with Crippen LogP contribution in [-0.2, 0) is 14.3 Å². The lowest BCUT2D eigenvalue weighted by Crippen LogP contribution is -2.48. The third kappa shape index (κ3) is 3.93. The van der Waals surface area contributed by atoms with E-state index < -0.39 is 11.3 Å². The van der Waals surface area contributed by atoms with Crippen molar-refractivity contribution >= 4 is 17.6 Å². The first-order valence-electron chi connectivity index (χ1n) is 9.43. The van der Waals surface area contributed by atoms with Gasteiger partial charge in [0.15, 0.2) is 0 Å². The van der Waals surface area contributed by atoms with Crippen molar-refractivity contribution in [3.63, 3.8) is 0 Å². The second-order valence-corrected chi connectivity index (χ2v) is 6.86. The van der Waals surface area contributed by atoms with Crippen molar-refractivity contribution in [3.05, 3.63) is 29.3 Å². The Bertz CT molecular complexity index is 624. The topological polar surface area (TPSA) is 49.9 Å². The number of esters is 1. The molecule has 5 heteroatoms. The standard InChI is InChI=1S/C19H28N2O3.C2H6/c1-7-20(5)11-19(18(23)24-6)12-21(17(22)15(19)4)16-13(2)9-8-10-14(16)3;1-2/h8-10,15H,7,11-12H2,1-6H3;1-2H3. The van der Waals surface area contributed by atoms with E-state index in [4.69, 9.17) is 4.74 Å². The summed E-state index contributed by atoms with van der Waals surface area (Å²) in [5.74, 6) is -0.738. The van der Waals surface area contributed by atoms with Gasteiger partial charge in [-0.1, -0.05) is 45.9 Å². The number of methoxy groups -OCH3 is 1. The van der Waals surface area contributed by atoms with Crippen molar-refractivity contribution in [3.8, 4) is 0 Å². The summed E-state index contributed by atoms with van der Waals surface area (Å²) in [5.41, 5.74) is 2.16. The van der Waals surface area contributed by atoms with Crippen LogP contribution in [0.4, 0.5) is 5.69 Å². The Morgan fingerprint density at radius 2 is 1.85 bits per heavy atom. The van der Waals surface area contributed by atoms with Crippen LogP contribution < -0.4 is 4.90 Å². The highest BCUT2D eigenvalue weighted by molar-refractivity contribution is 6.03. The van der Waals surface area contributed by atoms with Crippen molar-refractivity contribution in [1.29, 1.82) is 0 Å². The Morgan fingerprint density at radius 3 is 2.31 bits per heavy atom. The minimum Gasteiger partial charge on any atom is -0.468 e. The highest BCUT2D eigenvalue weighted by Gasteiger charge is 2.56. The van der Waals surface area contributed by atoms with E-state index in [0.717, 1.165) is 23.4 Å². The molecule has 1 heterocycles. The van der Waals surface area contributed by atoms with E-state index >= 15 is 0 Å². The Labute approximate surface area is 158 Å². The van der Waals surface area contributed by atoms with Crippen molar-refractivity contribution in [2.45, 2.75) is 41.5 Å². The number of aryl methyl sites for hydroxylation is 2. The van der Waals surface area contributed by atoms with E-state index in [-0.39, 0.29) is 11.9 Å². The summed E-state index contributed by atoms with van der Waals surface area (Å²) >= 11 is 0. The molecule has 5 nitrogen and oxygen atoms in total. The number of amides is 1. The molecule has 0 radical (unpaired) electrons. The van der Waals surface area contributed by atoms with E-state index in [1.165, 1.54) is 7.11 Å². The van der Waals surface area contributed by atoms with Gasteiger partial charge in [0.05, 0.1) is 13.0 Å². The first-order valence-corrected chi connectivity index (χ1v) is 9.43. The first-order chi connectivity index (χ1) is 12.3. The lowest BCUT2D eigenvalue weighted by atomic mass is 9.78. The number of para-hydroxylation sites is 1. The van der Waals surface area contributed by atoms with Gasteiger partial charge in [0.2, 0.25) is 5.91 Å². The van der Waals surface area contributed by atoms with Gasteiger partial charge in [-0.25, -0.2) is 0 Å². The lowest BCUT2D eigenvalue weighted by molar-refractivity contribution is -0.156. The van der Waals surface area contributed by atoms with Crippen LogP contribution in [0.2, 0.25) is 0 Å². The molecule has 0 saturated carbocycles.